The molecule has 3 aliphatic rings. The second kappa shape index (κ2) is 3.51. The zero-order chi connectivity index (χ0) is 12.1. The molecule has 4 heteroatoms. The van der Waals surface area contributed by atoms with Gasteiger partial charge in [-0.05, 0) is 30.5 Å². The molecule has 0 spiro atoms. The van der Waals surface area contributed by atoms with Crippen molar-refractivity contribution in [1.82, 2.24) is 5.32 Å². The van der Waals surface area contributed by atoms with Crippen LogP contribution in [0, 0.1) is 0 Å². The van der Waals surface area contributed by atoms with Crippen LogP contribution in [0.1, 0.15) is 34.7 Å². The molecule has 92 valence electrons. The number of allylic oxidation sites excluding steroid dienone is 1. The van der Waals surface area contributed by atoms with E-state index in [0.717, 1.165) is 29.7 Å². The Morgan fingerprint density at radius 1 is 1.11 bits per heavy atom. The fourth-order valence-electron chi connectivity index (χ4n) is 3.02. The molecule has 0 saturated carbocycles. The Labute approximate surface area is 105 Å². The summed E-state index contributed by atoms with van der Waals surface area (Å²) >= 11 is 0. The molecule has 1 amide bonds. The molecule has 2 atom stereocenters. The van der Waals surface area contributed by atoms with Crippen molar-refractivity contribution >= 4 is 5.91 Å². The number of rotatable bonds is 0. The zero-order valence-corrected chi connectivity index (χ0v) is 9.81. The molecule has 4 rings (SSSR count). The van der Waals surface area contributed by atoms with Gasteiger partial charge in [0, 0.05) is 17.5 Å². The Kier molecular flexibility index (Phi) is 1.95. The first-order valence-corrected chi connectivity index (χ1v) is 6.22. The first-order chi connectivity index (χ1) is 8.83. The van der Waals surface area contributed by atoms with Crippen LogP contribution in [-0.2, 0) is 0 Å². The highest BCUT2D eigenvalue weighted by Crippen LogP contribution is 2.42. The first-order valence-electron chi connectivity index (χ1n) is 6.22. The normalized spacial score (nSPS) is 27.4. The van der Waals surface area contributed by atoms with Crippen LogP contribution in [-0.4, -0.2) is 18.7 Å². The van der Waals surface area contributed by atoms with Gasteiger partial charge in [-0.1, -0.05) is 12.2 Å². The average molecular weight is 243 g/mol. The van der Waals surface area contributed by atoms with Crippen LogP contribution in [0.15, 0.2) is 24.3 Å². The van der Waals surface area contributed by atoms with E-state index in [2.05, 4.69) is 17.5 Å². The standard InChI is InChI=1S/C14H13NO3/c16-14-10-6-13-12(17-7-18-13)5-9(10)8-3-1-2-4-11(8)15-14/h1-2,5-6,8,11H,3-4,7H2,(H,15,16)/t8-,11+/m1/s1. The number of benzene rings is 1. The SMILES string of the molecule is O=C1N[C@H]2CC=CC[C@@H]2c2cc3c(cc21)OCO3. The van der Waals surface area contributed by atoms with Crippen LogP contribution in [0.3, 0.4) is 0 Å². The third kappa shape index (κ3) is 1.29. The van der Waals surface area contributed by atoms with E-state index in [9.17, 15) is 4.79 Å². The predicted octanol–water partition coefficient (Wildman–Crippen LogP) is 1.96. The highest BCUT2D eigenvalue weighted by Gasteiger charge is 2.35. The molecule has 0 unspecified atom stereocenters. The molecule has 0 bridgehead atoms. The van der Waals surface area contributed by atoms with Crippen LogP contribution in [0.25, 0.3) is 0 Å². The van der Waals surface area contributed by atoms with Gasteiger partial charge < -0.3 is 14.8 Å². The van der Waals surface area contributed by atoms with Gasteiger partial charge in [0.05, 0.1) is 0 Å². The summed E-state index contributed by atoms with van der Waals surface area (Å²) in [5.41, 5.74) is 1.83. The van der Waals surface area contributed by atoms with E-state index in [1.807, 2.05) is 12.1 Å². The molecule has 0 saturated heterocycles. The molecule has 0 aromatic heterocycles. The van der Waals surface area contributed by atoms with Gasteiger partial charge in [-0.25, -0.2) is 0 Å². The van der Waals surface area contributed by atoms with Gasteiger partial charge in [0.25, 0.3) is 5.91 Å². The molecule has 1 aromatic rings. The van der Waals surface area contributed by atoms with E-state index in [0.29, 0.717) is 11.7 Å². The van der Waals surface area contributed by atoms with Crippen molar-refractivity contribution in [3.05, 3.63) is 35.4 Å². The molecular formula is C14H13NO3. The lowest BCUT2D eigenvalue weighted by Crippen LogP contribution is -2.44. The number of amides is 1. The third-order valence-electron chi connectivity index (χ3n) is 3.94. The zero-order valence-electron chi connectivity index (χ0n) is 9.81. The average Bonchev–Trinajstić information content (AvgIpc) is 2.84. The highest BCUT2D eigenvalue weighted by molar-refractivity contribution is 5.98. The van der Waals surface area contributed by atoms with E-state index in [1.54, 1.807) is 0 Å². The molecule has 18 heavy (non-hydrogen) atoms. The third-order valence-corrected chi connectivity index (χ3v) is 3.94. The van der Waals surface area contributed by atoms with Crippen molar-refractivity contribution in [3.63, 3.8) is 0 Å². The van der Waals surface area contributed by atoms with Crippen molar-refractivity contribution in [2.75, 3.05) is 6.79 Å². The van der Waals surface area contributed by atoms with E-state index in [-0.39, 0.29) is 18.7 Å². The molecule has 0 radical (unpaired) electrons. The summed E-state index contributed by atoms with van der Waals surface area (Å²) in [6.45, 7) is 0.244. The largest absolute Gasteiger partial charge is 0.454 e. The van der Waals surface area contributed by atoms with Crippen molar-refractivity contribution in [2.24, 2.45) is 0 Å². The number of fused-ring (bicyclic) bond motifs is 4. The lowest BCUT2D eigenvalue weighted by molar-refractivity contribution is 0.0913. The number of hydrogen-bond donors (Lipinski definition) is 1. The van der Waals surface area contributed by atoms with Crippen molar-refractivity contribution < 1.29 is 14.3 Å². The van der Waals surface area contributed by atoms with Gasteiger partial charge in [0.1, 0.15) is 0 Å². The molecular weight excluding hydrogens is 230 g/mol. The second-order valence-electron chi connectivity index (χ2n) is 4.92. The van der Waals surface area contributed by atoms with Crippen molar-refractivity contribution in [2.45, 2.75) is 24.8 Å². The van der Waals surface area contributed by atoms with E-state index in [4.69, 9.17) is 9.47 Å². The number of ether oxygens (including phenoxy) is 2. The van der Waals surface area contributed by atoms with Gasteiger partial charge in [-0.15, -0.1) is 0 Å². The summed E-state index contributed by atoms with van der Waals surface area (Å²) in [6, 6.07) is 4.00. The first kappa shape index (κ1) is 10.00. The summed E-state index contributed by atoms with van der Waals surface area (Å²) in [6.07, 6.45) is 6.20. The lowest BCUT2D eigenvalue weighted by Gasteiger charge is -2.35. The van der Waals surface area contributed by atoms with E-state index in [1.165, 1.54) is 0 Å². The second-order valence-corrected chi connectivity index (χ2v) is 4.92. The molecule has 2 heterocycles. The smallest absolute Gasteiger partial charge is 0.251 e. The van der Waals surface area contributed by atoms with Crippen molar-refractivity contribution in [3.8, 4) is 11.5 Å². The highest BCUT2D eigenvalue weighted by atomic mass is 16.7. The molecule has 4 nitrogen and oxygen atoms in total. The number of nitrogens with one attached hydrogen (secondary N) is 1. The maximum absolute atomic E-state index is 12.1. The Hall–Kier alpha value is -1.97. The Morgan fingerprint density at radius 2 is 1.89 bits per heavy atom. The molecule has 2 aliphatic heterocycles. The maximum Gasteiger partial charge on any atom is 0.251 e. The fraction of sp³-hybridized carbons (Fsp3) is 0.357. The van der Waals surface area contributed by atoms with Crippen LogP contribution in [0.4, 0.5) is 0 Å². The van der Waals surface area contributed by atoms with Crippen LogP contribution in [0.5, 0.6) is 11.5 Å². The minimum absolute atomic E-state index is 0.000139. The van der Waals surface area contributed by atoms with Gasteiger partial charge in [0.15, 0.2) is 11.5 Å². The maximum atomic E-state index is 12.1. The lowest BCUT2D eigenvalue weighted by atomic mass is 9.78. The van der Waals surface area contributed by atoms with Crippen LogP contribution < -0.4 is 14.8 Å². The number of carbonyl (C=O) groups excluding carboxylic acids is 1. The summed E-state index contributed by atoms with van der Waals surface area (Å²) in [4.78, 5) is 12.1. The van der Waals surface area contributed by atoms with E-state index < -0.39 is 0 Å². The predicted molar refractivity (Wildman–Crippen MR) is 64.9 cm³/mol. The van der Waals surface area contributed by atoms with Gasteiger partial charge in [-0.2, -0.15) is 0 Å². The summed E-state index contributed by atoms with van der Waals surface area (Å²) in [5.74, 6) is 1.79. The van der Waals surface area contributed by atoms with Crippen molar-refractivity contribution in [1.29, 1.82) is 0 Å². The van der Waals surface area contributed by atoms with Crippen LogP contribution in [0.2, 0.25) is 0 Å². The Balaban J connectivity index is 1.88. The van der Waals surface area contributed by atoms with Crippen LogP contribution >= 0.6 is 0 Å². The molecule has 1 aromatic carbocycles. The van der Waals surface area contributed by atoms with Gasteiger partial charge >= 0.3 is 0 Å². The minimum atomic E-state index is -0.000139. The quantitative estimate of drug-likeness (QED) is 0.708. The Morgan fingerprint density at radius 3 is 2.78 bits per heavy atom. The van der Waals surface area contributed by atoms with Gasteiger partial charge in [-0.3, -0.25) is 4.79 Å². The number of hydrogen-bond acceptors (Lipinski definition) is 3. The summed E-state index contributed by atoms with van der Waals surface area (Å²) in [7, 11) is 0. The summed E-state index contributed by atoms with van der Waals surface area (Å²) < 4.78 is 10.7. The Bertz CT molecular complexity index is 564. The molecule has 0 fully saturated rings. The van der Waals surface area contributed by atoms with Gasteiger partial charge in [0.2, 0.25) is 6.79 Å². The fourth-order valence-corrected chi connectivity index (χ4v) is 3.02. The number of carbonyl (C=O) groups is 1. The minimum Gasteiger partial charge on any atom is -0.454 e. The molecule has 1 aliphatic carbocycles. The topological polar surface area (TPSA) is 47.6 Å². The molecule has 1 N–H and O–H groups in total. The van der Waals surface area contributed by atoms with E-state index >= 15 is 0 Å². The summed E-state index contributed by atoms with van der Waals surface area (Å²) in [5, 5.41) is 3.08. The monoisotopic (exact) mass is 243 g/mol.